The van der Waals surface area contributed by atoms with Crippen LogP contribution in [0.2, 0.25) is 0 Å². The summed E-state index contributed by atoms with van der Waals surface area (Å²) in [4.78, 5) is 42.9. The van der Waals surface area contributed by atoms with Crippen molar-refractivity contribution in [2.24, 2.45) is 17.6 Å². The second kappa shape index (κ2) is 11.1. The number of nitriles is 1. The predicted octanol–water partition coefficient (Wildman–Crippen LogP) is 1.19. The molecule has 0 radical (unpaired) electrons. The number of fused-ring (bicyclic) bond motifs is 3. The number of nitrogens with one attached hydrogen (secondary N) is 1. The number of ketones is 2. The summed E-state index contributed by atoms with van der Waals surface area (Å²) in [6.07, 6.45) is 0.224. The van der Waals surface area contributed by atoms with Crippen LogP contribution in [0.15, 0.2) is 47.2 Å². The van der Waals surface area contributed by atoms with E-state index in [0.717, 1.165) is 5.56 Å². The molecular weight excluding hydrogens is 566 g/mol. The number of aliphatic hydroxyl groups is 3. The van der Waals surface area contributed by atoms with Crippen molar-refractivity contribution in [2.45, 2.75) is 37.6 Å². The SMILES string of the molecule is CN(C)c1cc(CNCc2ccc(C#N)cc2)c(O)c2c1CC1CC3C(N(C)C)C(=O)C(C(N)=O)=C(O)C3(O)C(=O)C1=C2O. The van der Waals surface area contributed by atoms with Crippen molar-refractivity contribution in [2.75, 3.05) is 33.1 Å². The number of nitrogens with zero attached hydrogens (tertiary/aromatic N) is 3. The highest BCUT2D eigenvalue weighted by Crippen LogP contribution is 2.54. The number of carbonyl (C=O) groups is 3. The number of carbonyl (C=O) groups excluding carboxylic acids is 3. The quantitative estimate of drug-likeness (QED) is 0.249. The molecule has 4 unspecified atom stereocenters. The van der Waals surface area contributed by atoms with E-state index in [4.69, 9.17) is 11.0 Å². The number of aliphatic hydroxyl groups excluding tert-OH is 2. The molecule has 0 saturated heterocycles. The van der Waals surface area contributed by atoms with E-state index in [-0.39, 0.29) is 36.3 Å². The number of phenolic OH excluding ortho intramolecular Hbond substituents is 1. The molecule has 44 heavy (non-hydrogen) atoms. The Balaban J connectivity index is 1.59. The van der Waals surface area contributed by atoms with E-state index < -0.39 is 58.0 Å². The summed E-state index contributed by atoms with van der Waals surface area (Å²) >= 11 is 0. The number of primary amides is 1. The van der Waals surface area contributed by atoms with Gasteiger partial charge in [-0.1, -0.05) is 12.1 Å². The van der Waals surface area contributed by atoms with Crippen LogP contribution >= 0.6 is 0 Å². The lowest BCUT2D eigenvalue weighted by molar-refractivity contribution is -0.153. The van der Waals surface area contributed by atoms with E-state index >= 15 is 0 Å². The Morgan fingerprint density at radius 1 is 1.11 bits per heavy atom. The minimum atomic E-state index is -2.69. The van der Waals surface area contributed by atoms with Gasteiger partial charge in [-0.25, -0.2) is 0 Å². The number of hydrogen-bond acceptors (Lipinski definition) is 11. The third kappa shape index (κ3) is 4.61. The molecule has 7 N–H and O–H groups in total. The van der Waals surface area contributed by atoms with E-state index in [9.17, 15) is 34.8 Å². The summed E-state index contributed by atoms with van der Waals surface area (Å²) in [6, 6.07) is 9.79. The van der Waals surface area contributed by atoms with Crippen LogP contribution < -0.4 is 16.0 Å². The Kier molecular flexibility index (Phi) is 7.75. The van der Waals surface area contributed by atoms with Gasteiger partial charge in [0, 0.05) is 49.9 Å². The van der Waals surface area contributed by atoms with Gasteiger partial charge in [0.05, 0.1) is 23.2 Å². The topological polar surface area (TPSA) is 200 Å². The minimum absolute atomic E-state index is 0.0211. The summed E-state index contributed by atoms with van der Waals surface area (Å²) < 4.78 is 0. The number of nitrogens with two attached hydrogens (primary N) is 1. The first kappa shape index (κ1) is 30.7. The van der Waals surface area contributed by atoms with E-state index in [1.807, 2.05) is 31.1 Å². The first-order valence-electron chi connectivity index (χ1n) is 14.1. The lowest BCUT2D eigenvalue weighted by Crippen LogP contribution is -2.65. The highest BCUT2D eigenvalue weighted by Gasteiger charge is 2.64. The highest BCUT2D eigenvalue weighted by molar-refractivity contribution is 6.24. The second-order valence-corrected chi connectivity index (χ2v) is 12.0. The van der Waals surface area contributed by atoms with Gasteiger partial charge >= 0.3 is 0 Å². The largest absolute Gasteiger partial charge is 0.508 e. The average molecular weight is 602 g/mol. The van der Waals surface area contributed by atoms with Gasteiger partial charge in [-0.3, -0.25) is 19.3 Å². The summed E-state index contributed by atoms with van der Waals surface area (Å²) in [7, 11) is 6.76. The maximum atomic E-state index is 14.1. The van der Waals surface area contributed by atoms with Gasteiger partial charge < -0.3 is 36.4 Å². The monoisotopic (exact) mass is 601 g/mol. The zero-order valence-electron chi connectivity index (χ0n) is 24.9. The zero-order chi connectivity index (χ0) is 32.2. The summed E-state index contributed by atoms with van der Waals surface area (Å²) in [6.45, 7) is 0.630. The van der Waals surface area contributed by atoms with Gasteiger partial charge in [0.1, 0.15) is 22.8 Å². The van der Waals surface area contributed by atoms with Gasteiger partial charge in [-0.15, -0.1) is 0 Å². The predicted molar refractivity (Wildman–Crippen MR) is 160 cm³/mol. The van der Waals surface area contributed by atoms with E-state index in [1.54, 1.807) is 32.3 Å². The molecule has 12 nitrogen and oxygen atoms in total. The molecule has 0 spiro atoms. The molecule has 4 atom stereocenters. The Hall–Kier alpha value is -4.70. The molecule has 230 valence electrons. The van der Waals surface area contributed by atoms with Crippen LogP contribution in [0, 0.1) is 23.2 Å². The molecule has 3 aliphatic rings. The summed E-state index contributed by atoms with van der Waals surface area (Å²) in [5.41, 5.74) is 4.91. The molecule has 5 rings (SSSR count). The molecule has 1 amide bonds. The normalized spacial score (nSPS) is 24.5. The number of rotatable bonds is 7. The number of benzene rings is 2. The second-order valence-electron chi connectivity index (χ2n) is 12.0. The molecule has 0 aromatic heterocycles. The fourth-order valence-corrected chi connectivity index (χ4v) is 6.92. The van der Waals surface area contributed by atoms with Crippen molar-refractivity contribution in [1.82, 2.24) is 10.2 Å². The number of amides is 1. The lowest BCUT2D eigenvalue weighted by atomic mass is 9.57. The molecule has 1 fully saturated rings. The van der Waals surface area contributed by atoms with Crippen molar-refractivity contribution in [1.29, 1.82) is 5.26 Å². The smallest absolute Gasteiger partial charge is 0.255 e. The maximum Gasteiger partial charge on any atom is 0.255 e. The van der Waals surface area contributed by atoms with Crippen molar-refractivity contribution in [3.05, 3.63) is 75.1 Å². The number of aromatic hydroxyl groups is 1. The van der Waals surface area contributed by atoms with Crippen molar-refractivity contribution in [3.8, 4) is 11.8 Å². The van der Waals surface area contributed by atoms with Crippen LogP contribution in [0.4, 0.5) is 5.69 Å². The molecule has 3 aliphatic carbocycles. The molecule has 0 aliphatic heterocycles. The third-order valence-corrected chi connectivity index (χ3v) is 8.99. The van der Waals surface area contributed by atoms with Crippen LogP contribution in [0.3, 0.4) is 0 Å². The van der Waals surface area contributed by atoms with E-state index in [2.05, 4.69) is 11.4 Å². The maximum absolute atomic E-state index is 14.1. The number of likely N-dealkylation sites (N-methyl/N-ethyl adjacent to an activating group) is 1. The minimum Gasteiger partial charge on any atom is -0.508 e. The van der Waals surface area contributed by atoms with Crippen LogP contribution in [-0.4, -0.2) is 82.6 Å². The van der Waals surface area contributed by atoms with Gasteiger partial charge in [0.25, 0.3) is 5.91 Å². The van der Waals surface area contributed by atoms with E-state index in [1.165, 1.54) is 4.90 Å². The van der Waals surface area contributed by atoms with Gasteiger partial charge in [-0.05, 0) is 62.2 Å². The highest BCUT2D eigenvalue weighted by atomic mass is 16.3. The first-order valence-corrected chi connectivity index (χ1v) is 14.1. The van der Waals surface area contributed by atoms with Crippen LogP contribution in [0.5, 0.6) is 5.75 Å². The van der Waals surface area contributed by atoms with Gasteiger partial charge in [-0.2, -0.15) is 5.26 Å². The Morgan fingerprint density at radius 3 is 2.34 bits per heavy atom. The Bertz CT molecular complexity index is 1690. The number of phenols is 1. The van der Waals surface area contributed by atoms with Crippen molar-refractivity contribution in [3.63, 3.8) is 0 Å². The van der Waals surface area contributed by atoms with Crippen LogP contribution in [-0.2, 0) is 33.9 Å². The third-order valence-electron chi connectivity index (χ3n) is 8.99. The fraction of sp³-hybridized carbons (Fsp3) is 0.375. The summed E-state index contributed by atoms with van der Waals surface area (Å²) in [5.74, 6) is -6.80. The van der Waals surface area contributed by atoms with Gasteiger partial charge in [0.15, 0.2) is 11.4 Å². The van der Waals surface area contributed by atoms with Crippen LogP contribution in [0.1, 0.15) is 34.2 Å². The van der Waals surface area contributed by atoms with E-state index in [0.29, 0.717) is 28.9 Å². The number of anilines is 1. The summed E-state index contributed by atoms with van der Waals surface area (Å²) in [5, 5.41) is 58.2. The Labute approximate surface area is 254 Å². The molecular formula is C32H35N5O7. The van der Waals surface area contributed by atoms with Crippen molar-refractivity contribution >= 4 is 28.9 Å². The van der Waals surface area contributed by atoms with Gasteiger partial charge in [0.2, 0.25) is 5.78 Å². The lowest BCUT2D eigenvalue weighted by Gasteiger charge is -2.50. The molecule has 0 heterocycles. The zero-order valence-corrected chi connectivity index (χ0v) is 24.9. The number of hydrogen-bond donors (Lipinski definition) is 6. The van der Waals surface area contributed by atoms with Crippen molar-refractivity contribution < 1.29 is 34.8 Å². The van der Waals surface area contributed by atoms with Crippen LogP contribution in [0.25, 0.3) is 5.76 Å². The molecule has 2 aromatic carbocycles. The fourth-order valence-electron chi connectivity index (χ4n) is 6.92. The molecule has 0 bridgehead atoms. The molecule has 12 heteroatoms. The Morgan fingerprint density at radius 2 is 1.77 bits per heavy atom. The molecule has 2 aromatic rings. The molecule has 1 saturated carbocycles. The number of Topliss-reactive ketones (excluding diaryl/α,β-unsaturated/α-hetero) is 2. The first-order chi connectivity index (χ1) is 20.7. The standard InChI is InChI=1S/C32H35N5O7/c1-36(2)21-11-18(14-35-13-16-7-5-15(12-33)6-8-16)26(38)23-19(21)9-17-10-20-25(37(3)4)28(40)24(31(34)43)30(42)32(20,44)29(41)22(17)27(23)39/h5-8,11,17,20,25,35,38-39,42,44H,9-10,13-14H2,1-4H3,(H2,34,43). The average Bonchev–Trinajstić information content (AvgIpc) is 2.96.